The van der Waals surface area contributed by atoms with Crippen molar-refractivity contribution in [2.75, 3.05) is 33.3 Å². The fraction of sp³-hybridized carbons (Fsp3) is 0.933. The summed E-state index contributed by atoms with van der Waals surface area (Å²) in [7, 11) is 2.10. The number of hydrogen-bond donors (Lipinski definition) is 2. The molecule has 0 fully saturated rings. The maximum Gasteiger partial charge on any atom is 0.237 e. The van der Waals surface area contributed by atoms with Gasteiger partial charge in [0, 0.05) is 6.54 Å². The molecule has 0 spiro atoms. The van der Waals surface area contributed by atoms with Gasteiger partial charge in [0.15, 0.2) is 0 Å². The second kappa shape index (κ2) is 10.1. The summed E-state index contributed by atoms with van der Waals surface area (Å²) in [5.74, 6) is -0.266. The van der Waals surface area contributed by atoms with Crippen molar-refractivity contribution in [1.29, 1.82) is 0 Å². The molecular weight excluding hydrogens is 254 g/mol. The van der Waals surface area contributed by atoms with E-state index in [0.717, 1.165) is 45.5 Å². The average Bonchev–Trinajstić information content (AvgIpc) is 2.34. The van der Waals surface area contributed by atoms with Crippen LogP contribution in [0, 0.1) is 0 Å². The minimum absolute atomic E-state index is 0.266. The van der Waals surface area contributed by atoms with Gasteiger partial charge in [-0.05, 0) is 60.2 Å². The molecule has 0 aliphatic heterocycles. The minimum Gasteiger partial charge on any atom is -0.377 e. The first-order valence-electron chi connectivity index (χ1n) is 7.67. The fourth-order valence-corrected chi connectivity index (χ4v) is 2.11. The van der Waals surface area contributed by atoms with Crippen LogP contribution in [0.1, 0.15) is 47.0 Å². The van der Waals surface area contributed by atoms with Crippen LogP contribution in [0.2, 0.25) is 0 Å². The molecule has 0 radical (unpaired) electrons. The fourth-order valence-electron chi connectivity index (χ4n) is 2.11. The predicted octanol–water partition coefficient (Wildman–Crippen LogP) is 1.37. The van der Waals surface area contributed by atoms with Crippen LogP contribution in [-0.2, 0) is 9.53 Å². The summed E-state index contributed by atoms with van der Waals surface area (Å²) in [6, 6.07) is 0. The lowest BCUT2D eigenvalue weighted by atomic mass is 9.94. The highest BCUT2D eigenvalue weighted by Crippen LogP contribution is 2.13. The topological polar surface area (TPSA) is 67.6 Å². The average molecular weight is 287 g/mol. The molecule has 0 saturated carbocycles. The van der Waals surface area contributed by atoms with Crippen LogP contribution in [-0.4, -0.2) is 55.7 Å². The Balaban J connectivity index is 3.80. The summed E-state index contributed by atoms with van der Waals surface area (Å²) in [6.45, 7) is 11.5. The molecule has 0 aliphatic rings. The standard InChI is InChI=1S/C15H33N3O2/c1-6-17-15(4,14(16)19)9-7-8-10-18(5)11-12-20-13(2)3/h13,17H,6-12H2,1-5H3,(H2,16,19). The van der Waals surface area contributed by atoms with Crippen LogP contribution < -0.4 is 11.1 Å². The summed E-state index contributed by atoms with van der Waals surface area (Å²) in [4.78, 5) is 13.7. The number of ether oxygens (including phenoxy) is 1. The number of nitrogens with zero attached hydrogens (tertiary/aromatic N) is 1. The molecule has 20 heavy (non-hydrogen) atoms. The maximum atomic E-state index is 11.5. The first kappa shape index (κ1) is 19.4. The number of unbranched alkanes of at least 4 members (excludes halogenated alkanes) is 1. The molecule has 0 aromatic rings. The number of carbonyl (C=O) groups is 1. The second-order valence-corrected chi connectivity index (χ2v) is 5.91. The molecule has 0 bridgehead atoms. The lowest BCUT2D eigenvalue weighted by Crippen LogP contribution is -2.53. The molecule has 1 amide bonds. The summed E-state index contributed by atoms with van der Waals surface area (Å²) in [5, 5.41) is 3.19. The summed E-state index contributed by atoms with van der Waals surface area (Å²) < 4.78 is 5.52. The Bertz CT molecular complexity index is 272. The van der Waals surface area contributed by atoms with E-state index in [2.05, 4.69) is 17.3 Å². The number of nitrogens with one attached hydrogen (secondary N) is 1. The number of hydrogen-bond acceptors (Lipinski definition) is 4. The lowest BCUT2D eigenvalue weighted by Gasteiger charge is -2.27. The highest BCUT2D eigenvalue weighted by Gasteiger charge is 2.28. The largest absolute Gasteiger partial charge is 0.377 e. The van der Waals surface area contributed by atoms with E-state index in [1.54, 1.807) is 0 Å². The van der Waals surface area contributed by atoms with E-state index in [-0.39, 0.29) is 5.91 Å². The van der Waals surface area contributed by atoms with Gasteiger partial charge < -0.3 is 20.7 Å². The van der Waals surface area contributed by atoms with Crippen molar-refractivity contribution in [3.8, 4) is 0 Å². The van der Waals surface area contributed by atoms with Crippen molar-refractivity contribution >= 4 is 5.91 Å². The van der Waals surface area contributed by atoms with E-state index in [1.807, 2.05) is 27.7 Å². The minimum atomic E-state index is -0.575. The lowest BCUT2D eigenvalue weighted by molar-refractivity contribution is -0.124. The van der Waals surface area contributed by atoms with Crippen LogP contribution in [0.5, 0.6) is 0 Å². The molecule has 0 aliphatic carbocycles. The summed E-state index contributed by atoms with van der Waals surface area (Å²) >= 11 is 0. The Kier molecular flexibility index (Phi) is 9.80. The van der Waals surface area contributed by atoms with Crippen LogP contribution in [0.15, 0.2) is 0 Å². The zero-order chi connectivity index (χ0) is 15.6. The smallest absolute Gasteiger partial charge is 0.237 e. The quantitative estimate of drug-likeness (QED) is 0.532. The Morgan fingerprint density at radius 1 is 1.35 bits per heavy atom. The number of likely N-dealkylation sites (N-methyl/N-ethyl adjacent to an activating group) is 2. The molecule has 0 saturated heterocycles. The van der Waals surface area contributed by atoms with Gasteiger partial charge >= 0.3 is 0 Å². The van der Waals surface area contributed by atoms with Gasteiger partial charge in [-0.1, -0.05) is 6.92 Å². The number of primary amides is 1. The normalized spacial score (nSPS) is 14.8. The molecule has 5 nitrogen and oxygen atoms in total. The van der Waals surface area contributed by atoms with Gasteiger partial charge in [0.1, 0.15) is 0 Å². The molecule has 120 valence electrons. The van der Waals surface area contributed by atoms with Gasteiger partial charge in [0.25, 0.3) is 0 Å². The van der Waals surface area contributed by atoms with E-state index in [4.69, 9.17) is 10.5 Å². The van der Waals surface area contributed by atoms with Gasteiger partial charge in [0.05, 0.1) is 18.2 Å². The van der Waals surface area contributed by atoms with Crippen molar-refractivity contribution in [2.45, 2.75) is 58.6 Å². The third kappa shape index (κ3) is 8.51. The molecule has 0 aromatic carbocycles. The molecule has 3 N–H and O–H groups in total. The van der Waals surface area contributed by atoms with Crippen LogP contribution in [0.4, 0.5) is 0 Å². The number of amides is 1. The molecule has 0 heterocycles. The van der Waals surface area contributed by atoms with Crippen molar-refractivity contribution < 1.29 is 9.53 Å². The highest BCUT2D eigenvalue weighted by molar-refractivity contribution is 5.84. The van der Waals surface area contributed by atoms with Gasteiger partial charge in [0.2, 0.25) is 5.91 Å². The Labute approximate surface area is 124 Å². The predicted molar refractivity (Wildman–Crippen MR) is 83.7 cm³/mol. The first-order valence-corrected chi connectivity index (χ1v) is 7.67. The zero-order valence-electron chi connectivity index (χ0n) is 13.9. The Hall–Kier alpha value is -0.650. The molecule has 1 unspecified atom stereocenters. The number of carbonyl (C=O) groups excluding carboxylic acids is 1. The highest BCUT2D eigenvalue weighted by atomic mass is 16.5. The molecule has 5 heteroatoms. The zero-order valence-corrected chi connectivity index (χ0v) is 13.9. The van der Waals surface area contributed by atoms with Crippen LogP contribution >= 0.6 is 0 Å². The van der Waals surface area contributed by atoms with E-state index in [9.17, 15) is 4.79 Å². The summed E-state index contributed by atoms with van der Waals surface area (Å²) in [6.07, 6.45) is 3.13. The molecule has 1 atom stereocenters. The molecule has 0 aromatic heterocycles. The van der Waals surface area contributed by atoms with Crippen molar-refractivity contribution in [3.63, 3.8) is 0 Å². The Morgan fingerprint density at radius 3 is 2.50 bits per heavy atom. The monoisotopic (exact) mass is 287 g/mol. The SMILES string of the molecule is CCNC(C)(CCCCN(C)CCOC(C)C)C(N)=O. The second-order valence-electron chi connectivity index (χ2n) is 5.91. The van der Waals surface area contributed by atoms with Crippen LogP contribution in [0.25, 0.3) is 0 Å². The number of nitrogens with two attached hydrogens (primary N) is 1. The third-order valence-corrected chi connectivity index (χ3v) is 3.50. The first-order chi connectivity index (χ1) is 9.31. The van der Waals surface area contributed by atoms with Crippen molar-refractivity contribution in [1.82, 2.24) is 10.2 Å². The van der Waals surface area contributed by atoms with Gasteiger partial charge in [-0.15, -0.1) is 0 Å². The van der Waals surface area contributed by atoms with E-state index in [0.29, 0.717) is 6.10 Å². The van der Waals surface area contributed by atoms with Crippen molar-refractivity contribution in [2.24, 2.45) is 5.73 Å². The van der Waals surface area contributed by atoms with E-state index in [1.165, 1.54) is 0 Å². The van der Waals surface area contributed by atoms with Gasteiger partial charge in [-0.2, -0.15) is 0 Å². The van der Waals surface area contributed by atoms with Gasteiger partial charge in [-0.3, -0.25) is 4.79 Å². The third-order valence-electron chi connectivity index (χ3n) is 3.50. The van der Waals surface area contributed by atoms with Crippen LogP contribution in [0.3, 0.4) is 0 Å². The Morgan fingerprint density at radius 2 is 2.00 bits per heavy atom. The summed E-state index contributed by atoms with van der Waals surface area (Å²) in [5.41, 5.74) is 4.89. The van der Waals surface area contributed by atoms with E-state index < -0.39 is 5.54 Å². The van der Waals surface area contributed by atoms with Gasteiger partial charge in [-0.25, -0.2) is 0 Å². The molecular formula is C15H33N3O2. The van der Waals surface area contributed by atoms with Crippen molar-refractivity contribution in [3.05, 3.63) is 0 Å². The maximum absolute atomic E-state index is 11.5. The number of rotatable bonds is 12. The van der Waals surface area contributed by atoms with E-state index >= 15 is 0 Å². The molecule has 0 rings (SSSR count).